The summed E-state index contributed by atoms with van der Waals surface area (Å²) >= 11 is 5.05. The van der Waals surface area contributed by atoms with Crippen molar-refractivity contribution in [1.82, 2.24) is 4.98 Å². The van der Waals surface area contributed by atoms with Gasteiger partial charge in [-0.15, -0.1) is 0 Å². The first-order chi connectivity index (χ1) is 7.40. The molecule has 1 aromatic rings. The maximum atomic E-state index is 5.05. The highest BCUT2D eigenvalue weighted by Crippen LogP contribution is 2.26. The van der Waals surface area contributed by atoms with Gasteiger partial charge >= 0.3 is 0 Å². The predicted molar refractivity (Wildman–Crippen MR) is 75.1 cm³/mol. The second-order valence-corrected chi connectivity index (χ2v) is 5.20. The Hall–Kier alpha value is -1.02. The van der Waals surface area contributed by atoms with Gasteiger partial charge in [0.1, 0.15) is 0 Å². The van der Waals surface area contributed by atoms with Crippen molar-refractivity contribution in [3.8, 4) is 0 Å². The van der Waals surface area contributed by atoms with E-state index in [1.165, 1.54) is 5.56 Å². The van der Waals surface area contributed by atoms with Gasteiger partial charge in [-0.25, -0.2) is 0 Å². The lowest BCUT2D eigenvalue weighted by Crippen LogP contribution is -2.15. The minimum Gasteiger partial charge on any atom is -0.253 e. The van der Waals surface area contributed by atoms with E-state index < -0.39 is 0 Å². The molecule has 0 aliphatic carbocycles. The van der Waals surface area contributed by atoms with Gasteiger partial charge in [0, 0.05) is 16.6 Å². The number of allylic oxidation sites excluding steroid dienone is 1. The number of thiocarbonyl (C=S) groups is 1. The van der Waals surface area contributed by atoms with Gasteiger partial charge in [0.05, 0.1) is 5.69 Å². The third kappa shape index (κ3) is 2.76. The molecule has 0 N–H and O–H groups in total. The summed E-state index contributed by atoms with van der Waals surface area (Å²) < 4.78 is 0. The van der Waals surface area contributed by atoms with E-state index in [4.69, 9.17) is 12.2 Å². The Kier molecular flexibility index (Phi) is 3.98. The molecule has 0 radical (unpaired) electrons. The third-order valence-electron chi connectivity index (χ3n) is 2.53. The van der Waals surface area contributed by atoms with E-state index in [0.717, 1.165) is 17.0 Å². The van der Waals surface area contributed by atoms with Crippen molar-refractivity contribution in [3.63, 3.8) is 0 Å². The van der Waals surface area contributed by atoms with Gasteiger partial charge in [0.2, 0.25) is 0 Å². The summed E-state index contributed by atoms with van der Waals surface area (Å²) in [5.41, 5.74) is 4.45. The number of pyridine rings is 1. The highest BCUT2D eigenvalue weighted by atomic mass is 32.1. The summed E-state index contributed by atoms with van der Waals surface area (Å²) in [6, 6.07) is 2.16. The van der Waals surface area contributed by atoms with Crippen LogP contribution in [0.5, 0.6) is 0 Å². The van der Waals surface area contributed by atoms with Crippen LogP contribution in [0.4, 0.5) is 0 Å². The Morgan fingerprint density at radius 3 is 2.38 bits per heavy atom. The molecule has 16 heavy (non-hydrogen) atoms. The van der Waals surface area contributed by atoms with Gasteiger partial charge in [-0.2, -0.15) is 0 Å². The number of aryl methyl sites for hydroxylation is 1. The predicted octanol–water partition coefficient (Wildman–Crippen LogP) is 4.07. The van der Waals surface area contributed by atoms with Crippen molar-refractivity contribution in [3.05, 3.63) is 34.7 Å². The Balaban J connectivity index is 3.43. The van der Waals surface area contributed by atoms with Gasteiger partial charge in [-0.05, 0) is 37.0 Å². The molecule has 0 atom stereocenters. The van der Waals surface area contributed by atoms with E-state index in [9.17, 15) is 0 Å². The van der Waals surface area contributed by atoms with Gasteiger partial charge < -0.3 is 0 Å². The number of aromatic nitrogens is 1. The van der Waals surface area contributed by atoms with Gasteiger partial charge in [0.25, 0.3) is 0 Å². The summed E-state index contributed by atoms with van der Waals surface area (Å²) in [5, 5.41) is 1.71. The zero-order valence-corrected chi connectivity index (χ0v) is 11.5. The molecule has 0 spiro atoms. The number of nitrogens with zero attached hydrogens (tertiary/aromatic N) is 1. The molecule has 1 aromatic heterocycles. The van der Waals surface area contributed by atoms with Gasteiger partial charge in [-0.3, -0.25) is 4.98 Å². The first kappa shape index (κ1) is 13.0. The molecular formula is C14H19NS. The normalized spacial score (nSPS) is 12.1. The molecule has 1 heterocycles. The highest BCUT2D eigenvalue weighted by molar-refractivity contribution is 7.79. The summed E-state index contributed by atoms with van der Waals surface area (Å²) in [4.78, 5) is 4.62. The van der Waals surface area contributed by atoms with Crippen molar-refractivity contribution in [2.75, 3.05) is 0 Å². The summed E-state index contributed by atoms with van der Waals surface area (Å²) in [5.74, 6) is 0. The third-order valence-corrected chi connectivity index (χ3v) is 2.79. The Labute approximate surface area is 104 Å². The summed E-state index contributed by atoms with van der Waals surface area (Å²) in [7, 11) is 0. The molecule has 0 amide bonds. The van der Waals surface area contributed by atoms with E-state index in [0.29, 0.717) is 0 Å². The van der Waals surface area contributed by atoms with Crippen LogP contribution in [0.15, 0.2) is 12.1 Å². The van der Waals surface area contributed by atoms with Crippen LogP contribution in [0.3, 0.4) is 0 Å². The van der Waals surface area contributed by atoms with Crippen LogP contribution in [0.2, 0.25) is 0 Å². The zero-order chi connectivity index (χ0) is 12.3. The van der Waals surface area contributed by atoms with Crippen molar-refractivity contribution in [1.29, 1.82) is 0 Å². The van der Waals surface area contributed by atoms with Gasteiger partial charge in [-0.1, -0.05) is 39.1 Å². The molecular weight excluding hydrogens is 214 g/mol. The van der Waals surface area contributed by atoms with E-state index in [-0.39, 0.29) is 5.41 Å². The first-order valence-corrected chi connectivity index (χ1v) is 5.97. The molecule has 1 nitrogen and oxygen atoms in total. The Morgan fingerprint density at radius 1 is 1.31 bits per heavy atom. The molecule has 2 heteroatoms. The van der Waals surface area contributed by atoms with Gasteiger partial charge in [0.15, 0.2) is 0 Å². The monoisotopic (exact) mass is 233 g/mol. The molecule has 86 valence electrons. The molecule has 0 aromatic carbocycles. The van der Waals surface area contributed by atoms with Crippen LogP contribution in [0.1, 0.15) is 50.2 Å². The molecule has 0 bridgehead atoms. The number of hydrogen-bond acceptors (Lipinski definition) is 2. The first-order valence-electron chi connectivity index (χ1n) is 5.50. The lowest BCUT2D eigenvalue weighted by atomic mass is 9.85. The Bertz CT molecular complexity index is 425. The van der Waals surface area contributed by atoms with Crippen LogP contribution in [-0.4, -0.2) is 10.4 Å². The van der Waals surface area contributed by atoms with Crippen LogP contribution in [-0.2, 0) is 5.41 Å². The van der Waals surface area contributed by atoms with Crippen LogP contribution >= 0.6 is 12.2 Å². The van der Waals surface area contributed by atoms with E-state index >= 15 is 0 Å². The smallest absolute Gasteiger partial charge is 0.0710 e. The summed E-state index contributed by atoms with van der Waals surface area (Å²) in [6.45, 7) is 10.6. The summed E-state index contributed by atoms with van der Waals surface area (Å²) in [6.07, 6.45) is 3.98. The quantitative estimate of drug-likeness (QED) is 0.714. The van der Waals surface area contributed by atoms with E-state index in [1.54, 1.807) is 5.37 Å². The average Bonchev–Trinajstić information content (AvgIpc) is 2.16. The maximum absolute atomic E-state index is 5.05. The molecule has 0 aliphatic heterocycles. The van der Waals surface area contributed by atoms with Crippen LogP contribution in [0, 0.1) is 6.92 Å². The number of rotatable bonds is 2. The van der Waals surface area contributed by atoms with Crippen molar-refractivity contribution in [2.24, 2.45) is 0 Å². The maximum Gasteiger partial charge on any atom is 0.0710 e. The fraction of sp³-hybridized carbons (Fsp3) is 0.429. The van der Waals surface area contributed by atoms with E-state index in [1.807, 2.05) is 19.1 Å². The molecule has 0 saturated carbocycles. The second kappa shape index (κ2) is 4.88. The standard InChI is InChI=1S/C14H19NS/c1-6-7-13-11(9-16)8-12(10(2)15-13)14(3,4)5/h6-9H,1-5H3/b7-6-. The van der Waals surface area contributed by atoms with E-state index in [2.05, 4.69) is 38.7 Å². The molecule has 0 aliphatic rings. The molecule has 0 fully saturated rings. The highest BCUT2D eigenvalue weighted by Gasteiger charge is 2.18. The van der Waals surface area contributed by atoms with Crippen LogP contribution < -0.4 is 0 Å². The number of hydrogen-bond donors (Lipinski definition) is 0. The minimum absolute atomic E-state index is 0.110. The SMILES string of the molecule is C/C=C\c1nc(C)c(C(C)(C)C)cc1C=S. The molecule has 0 unspecified atom stereocenters. The fourth-order valence-corrected chi connectivity index (χ4v) is 1.97. The second-order valence-electron chi connectivity index (χ2n) is 4.96. The average molecular weight is 233 g/mol. The molecule has 1 rings (SSSR count). The lowest BCUT2D eigenvalue weighted by Gasteiger charge is -2.22. The molecule has 0 saturated heterocycles. The van der Waals surface area contributed by atoms with Crippen molar-refractivity contribution >= 4 is 23.7 Å². The largest absolute Gasteiger partial charge is 0.253 e. The van der Waals surface area contributed by atoms with Crippen LogP contribution in [0.25, 0.3) is 6.08 Å². The van der Waals surface area contributed by atoms with Crippen molar-refractivity contribution < 1.29 is 0 Å². The Morgan fingerprint density at radius 2 is 1.94 bits per heavy atom. The zero-order valence-electron chi connectivity index (χ0n) is 10.7. The topological polar surface area (TPSA) is 12.9 Å². The van der Waals surface area contributed by atoms with Crippen molar-refractivity contribution in [2.45, 2.75) is 40.0 Å². The fourth-order valence-electron chi connectivity index (χ4n) is 1.78. The lowest BCUT2D eigenvalue weighted by molar-refractivity contribution is 0.582. The minimum atomic E-state index is 0.110.